The first-order valence-corrected chi connectivity index (χ1v) is 10.3. The van der Waals surface area contributed by atoms with Crippen LogP contribution in [0.4, 0.5) is 5.69 Å². The number of ether oxygens (including phenoxy) is 1. The first kappa shape index (κ1) is 17.4. The lowest BCUT2D eigenvalue weighted by Gasteiger charge is -2.44. The van der Waals surface area contributed by atoms with Crippen LogP contribution < -0.4 is 5.32 Å². The Bertz CT molecular complexity index is 911. The predicted molar refractivity (Wildman–Crippen MR) is 108 cm³/mol. The van der Waals surface area contributed by atoms with E-state index in [9.17, 15) is 4.79 Å². The van der Waals surface area contributed by atoms with Crippen molar-refractivity contribution in [1.82, 2.24) is 0 Å². The Morgan fingerprint density at radius 2 is 1.85 bits per heavy atom. The number of nitrogens with one attached hydrogen (secondary N) is 1. The number of esters is 1. The molecule has 3 nitrogen and oxygen atoms in total. The van der Waals surface area contributed by atoms with Crippen LogP contribution in [0.3, 0.4) is 0 Å². The second-order valence-electron chi connectivity index (χ2n) is 8.02. The van der Waals surface area contributed by atoms with Crippen molar-refractivity contribution in [3.8, 4) is 0 Å². The van der Waals surface area contributed by atoms with Crippen molar-refractivity contribution in [1.29, 1.82) is 0 Å². The van der Waals surface area contributed by atoms with Gasteiger partial charge in [-0.1, -0.05) is 35.3 Å². The summed E-state index contributed by atoms with van der Waals surface area (Å²) in [5.74, 6) is 2.17. The molecule has 0 unspecified atom stereocenters. The number of methoxy groups -OCH3 is 1. The molecule has 5 rings (SSSR count). The fourth-order valence-electron chi connectivity index (χ4n) is 5.79. The largest absolute Gasteiger partial charge is 0.465 e. The molecule has 3 aliphatic rings. The van der Waals surface area contributed by atoms with E-state index >= 15 is 0 Å². The van der Waals surface area contributed by atoms with E-state index in [-0.39, 0.29) is 12.0 Å². The van der Waals surface area contributed by atoms with E-state index in [0.717, 1.165) is 11.6 Å². The second-order valence-corrected chi connectivity index (χ2v) is 8.87. The normalized spacial score (nSPS) is 30.4. The Morgan fingerprint density at radius 1 is 1.11 bits per heavy atom. The van der Waals surface area contributed by atoms with Gasteiger partial charge in [0.25, 0.3) is 0 Å². The molecule has 1 heterocycles. The molecule has 140 valence electrons. The van der Waals surface area contributed by atoms with E-state index in [2.05, 4.69) is 11.4 Å². The molecule has 5 atom stereocenters. The van der Waals surface area contributed by atoms with Crippen molar-refractivity contribution in [2.75, 3.05) is 12.4 Å². The van der Waals surface area contributed by atoms with Crippen molar-refractivity contribution in [2.45, 2.75) is 31.2 Å². The van der Waals surface area contributed by atoms with Crippen LogP contribution >= 0.6 is 23.2 Å². The van der Waals surface area contributed by atoms with Crippen LogP contribution in [0.25, 0.3) is 0 Å². The summed E-state index contributed by atoms with van der Waals surface area (Å²) in [6, 6.07) is 11.9. The lowest BCUT2D eigenvalue weighted by molar-refractivity contribution is 0.0600. The zero-order valence-corrected chi connectivity index (χ0v) is 16.6. The zero-order valence-electron chi connectivity index (χ0n) is 15.0. The van der Waals surface area contributed by atoms with Crippen molar-refractivity contribution in [2.24, 2.45) is 17.8 Å². The van der Waals surface area contributed by atoms with E-state index in [0.29, 0.717) is 33.4 Å². The van der Waals surface area contributed by atoms with Gasteiger partial charge in [-0.2, -0.15) is 0 Å². The number of carbonyl (C=O) groups is 1. The van der Waals surface area contributed by atoms with Gasteiger partial charge in [-0.3, -0.25) is 0 Å². The Morgan fingerprint density at radius 3 is 2.59 bits per heavy atom. The SMILES string of the molecule is COC(=O)c1ccc([C@@H]2Nc3c(Cl)cc(Cl)cc3[C@@H]3[C@H]4CC[C@@H](C4)[C@H]32)cc1. The quantitative estimate of drug-likeness (QED) is 0.619. The van der Waals surface area contributed by atoms with Gasteiger partial charge in [-0.05, 0) is 78.3 Å². The third kappa shape index (κ3) is 2.67. The third-order valence-electron chi connectivity index (χ3n) is 6.80. The number of hydrogen-bond donors (Lipinski definition) is 1. The Kier molecular flexibility index (Phi) is 4.14. The number of rotatable bonds is 2. The number of fused-ring (bicyclic) bond motifs is 7. The number of hydrogen-bond acceptors (Lipinski definition) is 3. The van der Waals surface area contributed by atoms with Crippen LogP contribution in [0.1, 0.15) is 52.7 Å². The highest BCUT2D eigenvalue weighted by atomic mass is 35.5. The zero-order chi connectivity index (χ0) is 18.7. The lowest BCUT2D eigenvalue weighted by atomic mass is 9.68. The van der Waals surface area contributed by atoms with Crippen molar-refractivity contribution < 1.29 is 9.53 Å². The monoisotopic (exact) mass is 401 g/mol. The van der Waals surface area contributed by atoms with E-state index in [1.165, 1.54) is 37.5 Å². The molecule has 2 bridgehead atoms. The Hall–Kier alpha value is -1.71. The van der Waals surface area contributed by atoms with Crippen LogP contribution in [-0.2, 0) is 4.74 Å². The predicted octanol–water partition coefficient (Wildman–Crippen LogP) is 6.08. The highest BCUT2D eigenvalue weighted by molar-refractivity contribution is 6.36. The fourth-order valence-corrected chi connectivity index (χ4v) is 6.35. The molecular weight excluding hydrogens is 381 g/mol. The average Bonchev–Trinajstić information content (AvgIpc) is 3.29. The highest BCUT2D eigenvalue weighted by Crippen LogP contribution is 2.64. The Balaban J connectivity index is 1.58. The van der Waals surface area contributed by atoms with Crippen LogP contribution in [0.2, 0.25) is 10.0 Å². The fraction of sp³-hybridized carbons (Fsp3) is 0.409. The molecule has 1 N–H and O–H groups in total. The standard InChI is InChI=1S/C22H21Cl2NO2/c1-27-22(26)12-4-2-11(3-5-12)20-19-14-7-6-13(8-14)18(19)16-9-15(23)10-17(24)21(16)25-20/h2-5,9-10,13-14,18-20,25H,6-8H2,1H3/t13-,14-,18-,19+,20-/m0/s1. The average molecular weight is 402 g/mol. The number of anilines is 1. The van der Waals surface area contributed by atoms with Gasteiger partial charge >= 0.3 is 5.97 Å². The minimum absolute atomic E-state index is 0.197. The lowest BCUT2D eigenvalue weighted by Crippen LogP contribution is -2.35. The van der Waals surface area contributed by atoms with E-state index in [1.54, 1.807) is 0 Å². The van der Waals surface area contributed by atoms with E-state index in [4.69, 9.17) is 27.9 Å². The summed E-state index contributed by atoms with van der Waals surface area (Å²) >= 11 is 12.9. The van der Waals surface area contributed by atoms with Crippen LogP contribution in [0, 0.1) is 17.8 Å². The van der Waals surface area contributed by atoms with Crippen molar-refractivity contribution in [3.63, 3.8) is 0 Å². The molecule has 0 aromatic heterocycles. The summed E-state index contributed by atoms with van der Waals surface area (Å²) < 4.78 is 4.82. The molecule has 5 heteroatoms. The maximum Gasteiger partial charge on any atom is 0.337 e. The van der Waals surface area contributed by atoms with Crippen LogP contribution in [-0.4, -0.2) is 13.1 Å². The van der Waals surface area contributed by atoms with Crippen LogP contribution in [0.5, 0.6) is 0 Å². The maximum absolute atomic E-state index is 11.8. The van der Waals surface area contributed by atoms with Gasteiger partial charge in [0.05, 0.1) is 29.4 Å². The molecule has 2 fully saturated rings. The van der Waals surface area contributed by atoms with Gasteiger partial charge in [0.15, 0.2) is 0 Å². The highest BCUT2D eigenvalue weighted by Gasteiger charge is 2.54. The van der Waals surface area contributed by atoms with Gasteiger partial charge in [0.1, 0.15) is 0 Å². The summed E-state index contributed by atoms with van der Waals surface area (Å²) in [5, 5.41) is 5.12. The summed E-state index contributed by atoms with van der Waals surface area (Å²) in [6.45, 7) is 0. The smallest absolute Gasteiger partial charge is 0.337 e. The first-order chi connectivity index (χ1) is 13.1. The maximum atomic E-state index is 11.8. The summed E-state index contributed by atoms with van der Waals surface area (Å²) in [7, 11) is 1.41. The minimum Gasteiger partial charge on any atom is -0.465 e. The third-order valence-corrected chi connectivity index (χ3v) is 7.32. The molecule has 2 aliphatic carbocycles. The molecule has 0 amide bonds. The topological polar surface area (TPSA) is 38.3 Å². The molecule has 2 aromatic rings. The molecule has 2 aromatic carbocycles. The van der Waals surface area contributed by atoms with Crippen molar-refractivity contribution >= 4 is 34.9 Å². The minimum atomic E-state index is -0.306. The molecule has 0 saturated heterocycles. The van der Waals surface area contributed by atoms with Gasteiger partial charge < -0.3 is 10.1 Å². The summed E-state index contributed by atoms with van der Waals surface area (Å²) in [5.41, 5.74) is 4.08. The molecule has 1 aliphatic heterocycles. The van der Waals surface area contributed by atoms with Crippen LogP contribution in [0.15, 0.2) is 36.4 Å². The van der Waals surface area contributed by atoms with Crippen molar-refractivity contribution in [3.05, 3.63) is 63.1 Å². The van der Waals surface area contributed by atoms with E-state index in [1.807, 2.05) is 30.3 Å². The van der Waals surface area contributed by atoms with E-state index < -0.39 is 0 Å². The molecule has 0 radical (unpaired) electrons. The number of halogens is 2. The molecular formula is C22H21Cl2NO2. The van der Waals surface area contributed by atoms with Gasteiger partial charge in [0.2, 0.25) is 0 Å². The summed E-state index contributed by atoms with van der Waals surface area (Å²) in [4.78, 5) is 11.8. The Labute approximate surface area is 169 Å². The first-order valence-electron chi connectivity index (χ1n) is 9.50. The molecule has 2 saturated carbocycles. The van der Waals surface area contributed by atoms with Gasteiger partial charge in [0, 0.05) is 5.02 Å². The molecule has 0 spiro atoms. The number of carbonyl (C=O) groups excluding carboxylic acids is 1. The number of benzene rings is 2. The van der Waals surface area contributed by atoms with Gasteiger partial charge in [-0.15, -0.1) is 0 Å². The van der Waals surface area contributed by atoms with Gasteiger partial charge in [-0.25, -0.2) is 4.79 Å². The summed E-state index contributed by atoms with van der Waals surface area (Å²) in [6.07, 6.45) is 3.88. The second kappa shape index (κ2) is 6.42. The molecule has 27 heavy (non-hydrogen) atoms.